The van der Waals surface area contributed by atoms with Gasteiger partial charge in [-0.2, -0.15) is 13.2 Å². The Morgan fingerprint density at radius 1 is 1.17 bits per heavy atom. The van der Waals surface area contributed by atoms with Crippen molar-refractivity contribution in [1.82, 2.24) is 10.1 Å². The number of hydrogen-bond acceptors (Lipinski definition) is 4. The van der Waals surface area contributed by atoms with Crippen LogP contribution in [0.2, 0.25) is 0 Å². The summed E-state index contributed by atoms with van der Waals surface area (Å²) < 4.78 is 41.9. The molecule has 0 bridgehead atoms. The number of rotatable bonds is 4. The number of nitrogens with zero attached hydrogens (tertiary/aromatic N) is 3. The minimum atomic E-state index is -4.06. The van der Waals surface area contributed by atoms with Crippen molar-refractivity contribution in [2.75, 3.05) is 37.6 Å². The zero-order chi connectivity index (χ0) is 16.4. The average molecular weight is 327 g/mol. The molecule has 2 heterocycles. The number of aromatic nitrogens is 1. The van der Waals surface area contributed by atoms with Crippen molar-refractivity contribution < 1.29 is 17.7 Å². The molecule has 3 rings (SSSR count). The molecule has 4 nitrogen and oxygen atoms in total. The van der Waals surface area contributed by atoms with Crippen molar-refractivity contribution in [3.05, 3.63) is 23.8 Å². The molecule has 1 aromatic carbocycles. The van der Waals surface area contributed by atoms with Crippen molar-refractivity contribution in [1.29, 1.82) is 0 Å². The zero-order valence-electron chi connectivity index (χ0n) is 13.1. The van der Waals surface area contributed by atoms with E-state index in [0.29, 0.717) is 6.54 Å². The minimum absolute atomic E-state index is 0.162. The van der Waals surface area contributed by atoms with Gasteiger partial charge in [-0.15, -0.1) is 0 Å². The molecule has 0 N–H and O–H groups in total. The zero-order valence-corrected chi connectivity index (χ0v) is 13.1. The van der Waals surface area contributed by atoms with Gasteiger partial charge in [-0.1, -0.05) is 16.8 Å². The van der Waals surface area contributed by atoms with Crippen LogP contribution in [0.5, 0.6) is 0 Å². The van der Waals surface area contributed by atoms with Crippen LogP contribution in [0.1, 0.15) is 18.4 Å². The average Bonchev–Trinajstić information content (AvgIpc) is 2.90. The van der Waals surface area contributed by atoms with Crippen molar-refractivity contribution in [2.24, 2.45) is 0 Å². The van der Waals surface area contributed by atoms with Crippen molar-refractivity contribution in [3.8, 4) is 0 Å². The Balaban J connectivity index is 1.57. The van der Waals surface area contributed by atoms with E-state index >= 15 is 0 Å². The summed E-state index contributed by atoms with van der Waals surface area (Å²) in [5.74, 6) is 0.832. The molecule has 1 aliphatic rings. The summed E-state index contributed by atoms with van der Waals surface area (Å²) in [5, 5.41) is 5.16. The molecule has 0 atom stereocenters. The summed E-state index contributed by atoms with van der Waals surface area (Å²) in [5.41, 5.74) is 1.91. The first-order chi connectivity index (χ1) is 10.9. The molecule has 0 amide bonds. The van der Waals surface area contributed by atoms with Crippen LogP contribution in [0.3, 0.4) is 0 Å². The lowest BCUT2D eigenvalue weighted by atomic mass is 10.1. The molecule has 1 saturated heterocycles. The standard InChI is InChI=1S/C16H20F3N3O/c1-12-3-4-14-13(11-12)15(20-23-14)22-9-7-21(8-10-22)6-2-5-16(17,18)19/h3-4,11H,2,5-10H2,1H3. The van der Waals surface area contributed by atoms with Gasteiger partial charge >= 0.3 is 6.18 Å². The number of hydrogen-bond donors (Lipinski definition) is 0. The molecule has 0 saturated carbocycles. The molecule has 1 fully saturated rings. The quantitative estimate of drug-likeness (QED) is 0.859. The fourth-order valence-corrected chi connectivity index (χ4v) is 2.95. The van der Waals surface area contributed by atoms with E-state index in [1.807, 2.05) is 19.1 Å². The summed E-state index contributed by atoms with van der Waals surface area (Å²) in [6.07, 6.45) is -4.60. The molecular weight excluding hydrogens is 307 g/mol. The van der Waals surface area contributed by atoms with Crippen LogP contribution in [0, 0.1) is 6.92 Å². The maximum Gasteiger partial charge on any atom is 0.389 e. The topological polar surface area (TPSA) is 32.5 Å². The van der Waals surface area contributed by atoms with E-state index in [4.69, 9.17) is 4.52 Å². The first-order valence-corrected chi connectivity index (χ1v) is 7.82. The molecule has 23 heavy (non-hydrogen) atoms. The Labute approximate surface area is 132 Å². The first kappa shape index (κ1) is 16.1. The fraction of sp³-hybridized carbons (Fsp3) is 0.562. The third-order valence-electron chi connectivity index (χ3n) is 4.21. The van der Waals surface area contributed by atoms with Gasteiger partial charge in [0.2, 0.25) is 0 Å². The van der Waals surface area contributed by atoms with Crippen LogP contribution in [-0.4, -0.2) is 49.0 Å². The largest absolute Gasteiger partial charge is 0.389 e. The monoisotopic (exact) mass is 327 g/mol. The van der Waals surface area contributed by atoms with E-state index in [-0.39, 0.29) is 6.42 Å². The van der Waals surface area contributed by atoms with Crippen molar-refractivity contribution in [3.63, 3.8) is 0 Å². The van der Waals surface area contributed by atoms with E-state index in [9.17, 15) is 13.2 Å². The Hall–Kier alpha value is -1.76. The smallest absolute Gasteiger partial charge is 0.354 e. The third-order valence-corrected chi connectivity index (χ3v) is 4.21. The van der Waals surface area contributed by atoms with Crippen LogP contribution in [0.25, 0.3) is 11.0 Å². The molecule has 126 valence electrons. The van der Waals surface area contributed by atoms with Gasteiger partial charge in [0.05, 0.1) is 5.39 Å². The number of piperazine rings is 1. The molecule has 0 radical (unpaired) electrons. The Kier molecular flexibility index (Phi) is 4.48. The Bertz CT molecular complexity index is 660. The summed E-state index contributed by atoms with van der Waals surface area (Å²) >= 11 is 0. The van der Waals surface area contributed by atoms with Crippen LogP contribution < -0.4 is 4.90 Å². The summed E-state index contributed by atoms with van der Waals surface area (Å²) in [6, 6.07) is 5.95. The van der Waals surface area contributed by atoms with Gasteiger partial charge in [-0.05, 0) is 32.0 Å². The number of aryl methyl sites for hydroxylation is 1. The highest BCUT2D eigenvalue weighted by molar-refractivity contribution is 5.89. The van der Waals surface area contributed by atoms with E-state index in [1.165, 1.54) is 0 Å². The summed E-state index contributed by atoms with van der Waals surface area (Å²) in [7, 11) is 0. The maximum absolute atomic E-state index is 12.2. The minimum Gasteiger partial charge on any atom is -0.354 e. The van der Waals surface area contributed by atoms with Crippen LogP contribution in [0.4, 0.5) is 19.0 Å². The van der Waals surface area contributed by atoms with Gasteiger partial charge < -0.3 is 9.42 Å². The molecule has 0 unspecified atom stereocenters. The lowest BCUT2D eigenvalue weighted by Gasteiger charge is -2.34. The predicted molar refractivity (Wildman–Crippen MR) is 82.7 cm³/mol. The molecule has 0 spiro atoms. The highest BCUT2D eigenvalue weighted by Crippen LogP contribution is 2.28. The highest BCUT2D eigenvalue weighted by Gasteiger charge is 2.27. The molecule has 1 aliphatic heterocycles. The molecule has 2 aromatic rings. The van der Waals surface area contributed by atoms with Gasteiger partial charge in [-0.25, -0.2) is 0 Å². The summed E-state index contributed by atoms with van der Waals surface area (Å²) in [6.45, 7) is 5.51. The lowest BCUT2D eigenvalue weighted by molar-refractivity contribution is -0.136. The second-order valence-corrected chi connectivity index (χ2v) is 6.05. The third kappa shape index (κ3) is 3.96. The van der Waals surface area contributed by atoms with Gasteiger partial charge in [0.1, 0.15) is 0 Å². The van der Waals surface area contributed by atoms with Crippen LogP contribution >= 0.6 is 0 Å². The number of alkyl halides is 3. The SMILES string of the molecule is Cc1ccc2onc(N3CCN(CCCC(F)(F)F)CC3)c2c1. The molecule has 0 aliphatic carbocycles. The van der Waals surface area contributed by atoms with E-state index < -0.39 is 12.6 Å². The van der Waals surface area contributed by atoms with Crippen LogP contribution in [0.15, 0.2) is 22.7 Å². The molecular formula is C16H20F3N3O. The van der Waals surface area contributed by atoms with E-state index in [0.717, 1.165) is 48.5 Å². The van der Waals surface area contributed by atoms with Gasteiger partial charge in [-0.3, -0.25) is 4.90 Å². The van der Waals surface area contributed by atoms with Crippen molar-refractivity contribution >= 4 is 16.8 Å². The normalized spacial score (nSPS) is 17.1. The number of fused-ring (bicyclic) bond motifs is 1. The number of halogens is 3. The van der Waals surface area contributed by atoms with Crippen LogP contribution in [-0.2, 0) is 0 Å². The second kappa shape index (κ2) is 6.39. The highest BCUT2D eigenvalue weighted by atomic mass is 19.4. The van der Waals surface area contributed by atoms with E-state index in [2.05, 4.69) is 21.0 Å². The number of anilines is 1. The van der Waals surface area contributed by atoms with Gasteiger partial charge in [0.15, 0.2) is 11.4 Å². The maximum atomic E-state index is 12.2. The molecule has 1 aromatic heterocycles. The molecule has 7 heteroatoms. The summed E-state index contributed by atoms with van der Waals surface area (Å²) in [4.78, 5) is 4.22. The van der Waals surface area contributed by atoms with Gasteiger partial charge in [0, 0.05) is 32.6 Å². The lowest BCUT2D eigenvalue weighted by Crippen LogP contribution is -2.46. The fourth-order valence-electron chi connectivity index (χ4n) is 2.95. The number of benzene rings is 1. The second-order valence-electron chi connectivity index (χ2n) is 6.05. The predicted octanol–water partition coefficient (Wildman–Crippen LogP) is 3.60. The Morgan fingerprint density at radius 3 is 2.61 bits per heavy atom. The van der Waals surface area contributed by atoms with E-state index in [1.54, 1.807) is 0 Å². The first-order valence-electron chi connectivity index (χ1n) is 7.82. The Morgan fingerprint density at radius 2 is 1.91 bits per heavy atom. The van der Waals surface area contributed by atoms with Gasteiger partial charge in [0.25, 0.3) is 0 Å². The van der Waals surface area contributed by atoms with Crippen molar-refractivity contribution in [2.45, 2.75) is 25.9 Å².